The van der Waals surface area contributed by atoms with E-state index in [4.69, 9.17) is 9.97 Å². The van der Waals surface area contributed by atoms with E-state index in [9.17, 15) is 20.0 Å². The summed E-state index contributed by atoms with van der Waals surface area (Å²) in [5, 5.41) is 24.2. The number of benzene rings is 1. The monoisotopic (exact) mass is 468 g/mol. The second-order valence-corrected chi connectivity index (χ2v) is 9.38. The van der Waals surface area contributed by atoms with Crippen LogP contribution in [0.3, 0.4) is 0 Å². The summed E-state index contributed by atoms with van der Waals surface area (Å²) in [6, 6.07) is 6.18. The highest BCUT2D eigenvalue weighted by molar-refractivity contribution is 5.65. The smallest absolute Gasteiger partial charge is 0.407 e. The number of hydrogen-bond donors (Lipinski definition) is 2. The number of nitrogens with one attached hydrogen (secondary N) is 1. The van der Waals surface area contributed by atoms with Crippen LogP contribution in [0.4, 0.5) is 22.2 Å². The molecule has 4 rings (SSSR count). The van der Waals surface area contributed by atoms with Crippen molar-refractivity contribution in [1.82, 2.24) is 14.9 Å². The van der Waals surface area contributed by atoms with Crippen LogP contribution in [0.2, 0.25) is 0 Å². The zero-order valence-corrected chi connectivity index (χ0v) is 19.7. The lowest BCUT2D eigenvalue weighted by Gasteiger charge is -2.35. The van der Waals surface area contributed by atoms with E-state index in [1.807, 2.05) is 14.1 Å². The molecule has 34 heavy (non-hydrogen) atoms. The van der Waals surface area contributed by atoms with Crippen molar-refractivity contribution in [2.75, 3.05) is 24.3 Å². The van der Waals surface area contributed by atoms with E-state index in [-0.39, 0.29) is 24.3 Å². The quantitative estimate of drug-likeness (QED) is 0.457. The maximum Gasteiger partial charge on any atom is 0.407 e. The molecule has 2 aliphatic carbocycles. The average molecular weight is 469 g/mol. The number of nitro groups is 1. The molecule has 2 N–H and O–H groups in total. The number of nitrogens with zero attached hydrogens (tertiary/aromatic N) is 5. The van der Waals surface area contributed by atoms with Gasteiger partial charge in [-0.05, 0) is 56.9 Å². The van der Waals surface area contributed by atoms with Crippen molar-refractivity contribution in [2.24, 2.45) is 0 Å². The van der Waals surface area contributed by atoms with E-state index in [1.165, 1.54) is 29.0 Å². The molecule has 0 radical (unpaired) electrons. The Morgan fingerprint density at radius 1 is 1.12 bits per heavy atom. The summed E-state index contributed by atoms with van der Waals surface area (Å²) in [7, 11) is 4.02. The number of carboxylic acid groups (broad SMARTS) is 1. The molecule has 2 aromatic rings. The average Bonchev–Trinajstić information content (AvgIpc) is 2.82. The van der Waals surface area contributed by atoms with Crippen LogP contribution in [-0.2, 0) is 19.4 Å². The minimum Gasteiger partial charge on any atom is -0.465 e. The van der Waals surface area contributed by atoms with Crippen molar-refractivity contribution >= 4 is 23.5 Å². The largest absolute Gasteiger partial charge is 0.465 e. The number of amides is 1. The van der Waals surface area contributed by atoms with E-state index in [0.717, 1.165) is 62.0 Å². The zero-order valence-electron chi connectivity index (χ0n) is 19.7. The van der Waals surface area contributed by atoms with Crippen LogP contribution in [0, 0.1) is 10.1 Å². The number of hydrogen-bond acceptors (Lipinski definition) is 7. The fraction of sp³-hybridized carbons (Fsp3) is 0.542. The van der Waals surface area contributed by atoms with Crippen molar-refractivity contribution in [3.8, 4) is 0 Å². The predicted octanol–water partition coefficient (Wildman–Crippen LogP) is 4.23. The van der Waals surface area contributed by atoms with Crippen LogP contribution < -0.4 is 10.2 Å². The highest BCUT2D eigenvalue weighted by atomic mass is 16.6. The van der Waals surface area contributed by atoms with E-state index < -0.39 is 11.0 Å². The van der Waals surface area contributed by atoms with Crippen LogP contribution in [0.5, 0.6) is 0 Å². The molecule has 2 aliphatic rings. The summed E-state index contributed by atoms with van der Waals surface area (Å²) in [5.74, 6) is 1.65. The van der Waals surface area contributed by atoms with E-state index in [1.54, 1.807) is 12.1 Å². The first kappa shape index (κ1) is 23.7. The van der Waals surface area contributed by atoms with E-state index >= 15 is 0 Å². The predicted molar refractivity (Wildman–Crippen MR) is 129 cm³/mol. The zero-order chi connectivity index (χ0) is 24.2. The summed E-state index contributed by atoms with van der Waals surface area (Å²) in [4.78, 5) is 35.5. The molecule has 0 saturated heterocycles. The Bertz CT molecular complexity index is 1030. The number of rotatable bonds is 7. The Labute approximate surface area is 199 Å². The van der Waals surface area contributed by atoms with Gasteiger partial charge < -0.3 is 20.2 Å². The number of carbonyl (C=O) groups is 1. The van der Waals surface area contributed by atoms with Crippen LogP contribution in [0.15, 0.2) is 24.3 Å². The van der Waals surface area contributed by atoms with Gasteiger partial charge in [0.2, 0.25) is 5.95 Å². The lowest BCUT2D eigenvalue weighted by molar-refractivity contribution is -0.384. The summed E-state index contributed by atoms with van der Waals surface area (Å²) < 4.78 is 0. The molecule has 10 heteroatoms. The lowest BCUT2D eigenvalue weighted by atomic mass is 9.90. The maximum atomic E-state index is 12.0. The number of nitro benzene ring substituents is 1. The molecule has 1 amide bonds. The second-order valence-electron chi connectivity index (χ2n) is 9.38. The van der Waals surface area contributed by atoms with Gasteiger partial charge in [-0.15, -0.1) is 0 Å². The Hall–Kier alpha value is -3.43. The first-order valence-corrected chi connectivity index (χ1v) is 11.9. The fourth-order valence-corrected chi connectivity index (χ4v) is 5.00. The van der Waals surface area contributed by atoms with Crippen LogP contribution in [0.1, 0.15) is 55.3 Å². The first-order valence-electron chi connectivity index (χ1n) is 11.9. The third-order valence-electron chi connectivity index (χ3n) is 6.80. The molecule has 10 nitrogen and oxygen atoms in total. The molecule has 0 spiro atoms. The standard InChI is InChI=1S/C24H32N6O4/c1-28(2)22-20-5-3-4-6-21(20)26-23(27-22)25-17-9-13-18(14-10-17)29(24(31)32)15-16-7-11-19(12-8-16)30(33)34/h7-8,11-12,17-18H,3-6,9-10,13-15H2,1-2H3,(H,31,32)(H,25,26,27). The molecule has 0 unspecified atom stereocenters. The van der Waals surface area contributed by atoms with Crippen LogP contribution in [0.25, 0.3) is 0 Å². The highest BCUT2D eigenvalue weighted by Gasteiger charge is 2.30. The minimum absolute atomic E-state index is 0.000900. The van der Waals surface area contributed by atoms with Gasteiger partial charge in [0.25, 0.3) is 5.69 Å². The van der Waals surface area contributed by atoms with E-state index in [0.29, 0.717) is 5.95 Å². The maximum absolute atomic E-state index is 12.0. The van der Waals surface area contributed by atoms with Gasteiger partial charge in [0.05, 0.1) is 10.6 Å². The van der Waals surface area contributed by atoms with Crippen molar-refractivity contribution in [3.63, 3.8) is 0 Å². The first-order chi connectivity index (χ1) is 16.3. The summed E-state index contributed by atoms with van der Waals surface area (Å²) in [5.41, 5.74) is 3.14. The van der Waals surface area contributed by atoms with Gasteiger partial charge >= 0.3 is 6.09 Å². The molecule has 0 aliphatic heterocycles. The molecular weight excluding hydrogens is 436 g/mol. The number of non-ortho nitro benzene ring substituents is 1. The second kappa shape index (κ2) is 10.2. The van der Waals surface area contributed by atoms with Crippen molar-refractivity contribution in [3.05, 3.63) is 51.2 Å². The SMILES string of the molecule is CN(C)c1nc(NC2CCC(N(Cc3ccc([N+](=O)[O-])cc3)C(=O)O)CC2)nc2c1CCCC2. The highest BCUT2D eigenvalue weighted by Crippen LogP contribution is 2.30. The summed E-state index contributed by atoms with van der Waals surface area (Å²) in [6.45, 7) is 0.218. The summed E-state index contributed by atoms with van der Waals surface area (Å²) >= 11 is 0. The normalized spacial score (nSPS) is 19.7. The topological polar surface area (TPSA) is 125 Å². The fourth-order valence-electron chi connectivity index (χ4n) is 5.00. The Morgan fingerprint density at radius 2 is 1.79 bits per heavy atom. The minimum atomic E-state index is -0.969. The Morgan fingerprint density at radius 3 is 2.41 bits per heavy atom. The van der Waals surface area contributed by atoms with Gasteiger partial charge in [0.15, 0.2) is 0 Å². The van der Waals surface area contributed by atoms with Crippen molar-refractivity contribution in [1.29, 1.82) is 0 Å². The number of aromatic nitrogens is 2. The molecule has 1 fully saturated rings. The Balaban J connectivity index is 1.38. The third kappa shape index (κ3) is 5.37. The molecule has 0 atom stereocenters. The molecule has 1 heterocycles. The number of anilines is 2. The molecule has 1 saturated carbocycles. The molecule has 1 aromatic carbocycles. The van der Waals surface area contributed by atoms with E-state index in [2.05, 4.69) is 10.2 Å². The number of aryl methyl sites for hydroxylation is 1. The third-order valence-corrected chi connectivity index (χ3v) is 6.80. The van der Waals surface area contributed by atoms with Crippen LogP contribution in [-0.4, -0.2) is 57.2 Å². The molecule has 182 valence electrons. The van der Waals surface area contributed by atoms with Gasteiger partial charge in [-0.1, -0.05) is 12.1 Å². The van der Waals surface area contributed by atoms with Crippen molar-refractivity contribution in [2.45, 2.75) is 70.0 Å². The van der Waals surface area contributed by atoms with Crippen LogP contribution >= 0.6 is 0 Å². The number of fused-ring (bicyclic) bond motifs is 1. The molecule has 1 aromatic heterocycles. The summed E-state index contributed by atoms with van der Waals surface area (Å²) in [6.07, 6.45) is 6.49. The molecule has 0 bridgehead atoms. The lowest BCUT2D eigenvalue weighted by Crippen LogP contribution is -2.43. The van der Waals surface area contributed by atoms with Gasteiger partial charge in [0.1, 0.15) is 5.82 Å². The molecular formula is C24H32N6O4. The van der Waals surface area contributed by atoms with Gasteiger partial charge in [-0.3, -0.25) is 10.1 Å². The van der Waals surface area contributed by atoms with Gasteiger partial charge in [0, 0.05) is 50.4 Å². The van der Waals surface area contributed by atoms with Gasteiger partial charge in [-0.2, -0.15) is 4.98 Å². The Kier molecular flexibility index (Phi) is 7.14. The van der Waals surface area contributed by atoms with Gasteiger partial charge in [-0.25, -0.2) is 9.78 Å². The van der Waals surface area contributed by atoms with Crippen molar-refractivity contribution < 1.29 is 14.8 Å².